The predicted molar refractivity (Wildman–Crippen MR) is 78.3 cm³/mol. The third kappa shape index (κ3) is 3.14. The van der Waals surface area contributed by atoms with E-state index in [4.69, 9.17) is 4.74 Å². The standard InChI is InChI=1S/C16H31NO2/c1-4-17(13(2)12-19-3)15-11-14(18)7-10-16(15)8-5-6-9-16/h13-15,18H,4-12H2,1-3H3. The van der Waals surface area contributed by atoms with Crippen molar-refractivity contribution in [1.82, 2.24) is 4.90 Å². The Morgan fingerprint density at radius 3 is 2.58 bits per heavy atom. The minimum Gasteiger partial charge on any atom is -0.393 e. The fourth-order valence-corrected chi connectivity index (χ4v) is 4.57. The molecule has 3 nitrogen and oxygen atoms in total. The summed E-state index contributed by atoms with van der Waals surface area (Å²) in [5.41, 5.74) is 0.483. The largest absolute Gasteiger partial charge is 0.393 e. The highest BCUT2D eigenvalue weighted by Crippen LogP contribution is 2.51. The van der Waals surface area contributed by atoms with Crippen molar-refractivity contribution in [3.8, 4) is 0 Å². The normalized spacial score (nSPS) is 32.1. The van der Waals surface area contributed by atoms with Gasteiger partial charge in [-0.1, -0.05) is 19.8 Å². The van der Waals surface area contributed by atoms with E-state index < -0.39 is 0 Å². The number of hydrogen-bond donors (Lipinski definition) is 1. The first-order chi connectivity index (χ1) is 9.13. The molecule has 0 amide bonds. The van der Waals surface area contributed by atoms with Crippen molar-refractivity contribution in [3.05, 3.63) is 0 Å². The summed E-state index contributed by atoms with van der Waals surface area (Å²) < 4.78 is 5.35. The number of aliphatic hydroxyl groups excluding tert-OH is 1. The van der Waals surface area contributed by atoms with E-state index in [2.05, 4.69) is 18.7 Å². The number of aliphatic hydroxyl groups is 1. The van der Waals surface area contributed by atoms with Crippen molar-refractivity contribution in [2.45, 2.75) is 77.0 Å². The molecular formula is C16H31NO2. The smallest absolute Gasteiger partial charge is 0.0615 e. The lowest BCUT2D eigenvalue weighted by Gasteiger charge is -2.50. The molecule has 2 saturated carbocycles. The van der Waals surface area contributed by atoms with Gasteiger partial charge in [0.15, 0.2) is 0 Å². The van der Waals surface area contributed by atoms with Gasteiger partial charge in [-0.15, -0.1) is 0 Å². The maximum Gasteiger partial charge on any atom is 0.0615 e. The fourth-order valence-electron chi connectivity index (χ4n) is 4.57. The van der Waals surface area contributed by atoms with Crippen molar-refractivity contribution in [2.24, 2.45) is 5.41 Å². The molecule has 3 atom stereocenters. The summed E-state index contributed by atoms with van der Waals surface area (Å²) in [7, 11) is 1.78. The molecule has 3 heteroatoms. The summed E-state index contributed by atoms with van der Waals surface area (Å²) in [4.78, 5) is 2.59. The van der Waals surface area contributed by atoms with Crippen molar-refractivity contribution in [1.29, 1.82) is 0 Å². The van der Waals surface area contributed by atoms with E-state index in [0.29, 0.717) is 17.5 Å². The highest BCUT2D eigenvalue weighted by atomic mass is 16.5. The number of likely N-dealkylation sites (N-methyl/N-ethyl adjacent to an activating group) is 1. The van der Waals surface area contributed by atoms with Gasteiger partial charge in [0.2, 0.25) is 0 Å². The first kappa shape index (κ1) is 15.3. The molecule has 0 aromatic heterocycles. The van der Waals surface area contributed by atoms with Crippen LogP contribution in [0.1, 0.15) is 58.8 Å². The van der Waals surface area contributed by atoms with Gasteiger partial charge in [0.1, 0.15) is 0 Å². The Kier molecular flexibility index (Phi) is 5.27. The van der Waals surface area contributed by atoms with Crippen LogP contribution in [0.5, 0.6) is 0 Å². The Bertz CT molecular complexity index is 276. The first-order valence-corrected chi connectivity index (χ1v) is 8.05. The van der Waals surface area contributed by atoms with Crippen molar-refractivity contribution < 1.29 is 9.84 Å². The van der Waals surface area contributed by atoms with Gasteiger partial charge in [-0.2, -0.15) is 0 Å². The molecule has 2 aliphatic rings. The van der Waals surface area contributed by atoms with E-state index in [0.717, 1.165) is 26.0 Å². The molecule has 0 aromatic carbocycles. The van der Waals surface area contributed by atoms with Crippen LogP contribution in [0, 0.1) is 5.41 Å². The predicted octanol–water partition coefficient (Wildman–Crippen LogP) is 2.82. The minimum atomic E-state index is -0.0972. The molecule has 0 bridgehead atoms. The molecule has 0 aliphatic heterocycles. The van der Waals surface area contributed by atoms with Crippen LogP contribution in [0.3, 0.4) is 0 Å². The lowest BCUT2D eigenvalue weighted by Crippen LogP contribution is -2.55. The molecule has 1 spiro atoms. The topological polar surface area (TPSA) is 32.7 Å². The second kappa shape index (κ2) is 6.55. The zero-order valence-corrected chi connectivity index (χ0v) is 12.9. The zero-order chi connectivity index (χ0) is 13.9. The van der Waals surface area contributed by atoms with Crippen molar-refractivity contribution >= 4 is 0 Å². The Labute approximate surface area is 118 Å². The van der Waals surface area contributed by atoms with Gasteiger partial charge in [0.05, 0.1) is 12.7 Å². The van der Waals surface area contributed by atoms with E-state index in [-0.39, 0.29) is 6.10 Å². The molecule has 2 fully saturated rings. The van der Waals surface area contributed by atoms with E-state index >= 15 is 0 Å². The molecule has 1 N–H and O–H groups in total. The number of ether oxygens (including phenoxy) is 1. The number of rotatable bonds is 5. The van der Waals surface area contributed by atoms with Crippen LogP contribution in [0.2, 0.25) is 0 Å². The molecule has 0 saturated heterocycles. The van der Waals surface area contributed by atoms with Crippen molar-refractivity contribution in [3.63, 3.8) is 0 Å². The molecule has 112 valence electrons. The number of hydrogen-bond acceptors (Lipinski definition) is 3. The van der Waals surface area contributed by atoms with E-state index in [1.807, 2.05) is 0 Å². The van der Waals surface area contributed by atoms with E-state index in [1.54, 1.807) is 7.11 Å². The van der Waals surface area contributed by atoms with Crippen LogP contribution in [0.15, 0.2) is 0 Å². The summed E-state index contributed by atoms with van der Waals surface area (Å²) in [6.07, 6.45) is 8.57. The maximum absolute atomic E-state index is 10.1. The van der Waals surface area contributed by atoms with E-state index in [1.165, 1.54) is 32.1 Å². The monoisotopic (exact) mass is 269 g/mol. The molecule has 2 rings (SSSR count). The Morgan fingerprint density at radius 2 is 2.00 bits per heavy atom. The van der Waals surface area contributed by atoms with E-state index in [9.17, 15) is 5.11 Å². The summed E-state index contributed by atoms with van der Waals surface area (Å²) >= 11 is 0. The molecule has 19 heavy (non-hydrogen) atoms. The summed E-state index contributed by atoms with van der Waals surface area (Å²) in [5.74, 6) is 0. The van der Waals surface area contributed by atoms with Gasteiger partial charge in [-0.3, -0.25) is 4.90 Å². The highest BCUT2D eigenvalue weighted by Gasteiger charge is 2.47. The molecule has 2 aliphatic carbocycles. The van der Waals surface area contributed by atoms with Crippen molar-refractivity contribution in [2.75, 3.05) is 20.3 Å². The lowest BCUT2D eigenvalue weighted by molar-refractivity contribution is -0.0495. The van der Waals surface area contributed by atoms with Gasteiger partial charge >= 0.3 is 0 Å². The van der Waals surface area contributed by atoms with Gasteiger partial charge in [-0.05, 0) is 51.0 Å². The SMILES string of the molecule is CCN(C(C)COC)C1CC(O)CCC12CCCC2. The molecule has 0 heterocycles. The Hall–Kier alpha value is -0.120. The average Bonchev–Trinajstić information content (AvgIpc) is 2.85. The average molecular weight is 269 g/mol. The highest BCUT2D eigenvalue weighted by molar-refractivity contribution is 5.01. The quantitative estimate of drug-likeness (QED) is 0.833. The van der Waals surface area contributed by atoms with Gasteiger partial charge < -0.3 is 9.84 Å². The molecular weight excluding hydrogens is 238 g/mol. The minimum absolute atomic E-state index is 0.0972. The second-order valence-corrected chi connectivity index (χ2v) is 6.65. The zero-order valence-electron chi connectivity index (χ0n) is 12.9. The van der Waals surface area contributed by atoms with Crippen LogP contribution in [0.4, 0.5) is 0 Å². The van der Waals surface area contributed by atoms with Gasteiger partial charge in [-0.25, -0.2) is 0 Å². The summed E-state index contributed by atoms with van der Waals surface area (Å²) in [6.45, 7) is 6.35. The number of nitrogens with zero attached hydrogens (tertiary/aromatic N) is 1. The lowest BCUT2D eigenvalue weighted by atomic mass is 9.67. The van der Waals surface area contributed by atoms with Crippen LogP contribution in [-0.2, 0) is 4.74 Å². The second-order valence-electron chi connectivity index (χ2n) is 6.65. The maximum atomic E-state index is 10.1. The van der Waals surface area contributed by atoms with Gasteiger partial charge in [0, 0.05) is 19.2 Å². The van der Waals surface area contributed by atoms with Crippen LogP contribution in [-0.4, -0.2) is 48.5 Å². The molecule has 3 unspecified atom stereocenters. The summed E-state index contributed by atoms with van der Waals surface area (Å²) in [6, 6.07) is 0.997. The first-order valence-electron chi connectivity index (χ1n) is 8.05. The van der Waals surface area contributed by atoms with Crippen LogP contribution < -0.4 is 0 Å². The van der Waals surface area contributed by atoms with Crippen LogP contribution in [0.25, 0.3) is 0 Å². The molecule has 0 aromatic rings. The van der Waals surface area contributed by atoms with Gasteiger partial charge in [0.25, 0.3) is 0 Å². The Morgan fingerprint density at radius 1 is 1.32 bits per heavy atom. The number of methoxy groups -OCH3 is 1. The Balaban J connectivity index is 2.15. The van der Waals surface area contributed by atoms with Crippen LogP contribution >= 0.6 is 0 Å². The third-order valence-electron chi connectivity index (χ3n) is 5.52. The fraction of sp³-hybridized carbons (Fsp3) is 1.00. The molecule has 0 radical (unpaired) electrons. The summed E-state index contributed by atoms with van der Waals surface area (Å²) in [5, 5.41) is 10.1. The third-order valence-corrected chi connectivity index (χ3v) is 5.52.